The van der Waals surface area contributed by atoms with E-state index >= 15 is 0 Å². The van der Waals surface area contributed by atoms with Gasteiger partial charge < -0.3 is 10.8 Å². The van der Waals surface area contributed by atoms with Gasteiger partial charge in [-0.1, -0.05) is 0 Å². The smallest absolute Gasteiger partial charge is 0.328 e. The number of carboxylic acids is 1. The Morgan fingerprint density at radius 2 is 2.55 bits per heavy atom. The number of anilines is 1. The summed E-state index contributed by atoms with van der Waals surface area (Å²) < 4.78 is 0. The summed E-state index contributed by atoms with van der Waals surface area (Å²) in [7, 11) is 0. The van der Waals surface area contributed by atoms with E-state index in [4.69, 9.17) is 10.8 Å². The Hall–Kier alpha value is -1.36. The highest BCUT2D eigenvalue weighted by Gasteiger charge is 1.93. The van der Waals surface area contributed by atoms with Crippen LogP contribution in [0.2, 0.25) is 0 Å². The minimum absolute atomic E-state index is 0.440. The first-order chi connectivity index (χ1) is 5.18. The van der Waals surface area contributed by atoms with Gasteiger partial charge in [0.25, 0.3) is 0 Å². The number of nitrogens with zero attached hydrogens (tertiary/aromatic N) is 1. The van der Waals surface area contributed by atoms with Crippen LogP contribution in [0.1, 0.15) is 5.69 Å². The van der Waals surface area contributed by atoms with Gasteiger partial charge in [-0.05, 0) is 6.08 Å². The number of rotatable bonds is 2. The van der Waals surface area contributed by atoms with Crippen LogP contribution in [0.25, 0.3) is 6.08 Å². The zero-order chi connectivity index (χ0) is 8.27. The Balaban J connectivity index is 2.71. The number of hydrogen-bond acceptors (Lipinski definition) is 4. The van der Waals surface area contributed by atoms with Gasteiger partial charge >= 0.3 is 5.97 Å². The molecule has 58 valence electrons. The number of hydrogen-bond donors (Lipinski definition) is 2. The fourth-order valence-corrected chi connectivity index (χ4v) is 1.06. The first kappa shape index (κ1) is 7.74. The van der Waals surface area contributed by atoms with Crippen LogP contribution in [-0.2, 0) is 4.79 Å². The average Bonchev–Trinajstić information content (AvgIpc) is 2.31. The predicted molar refractivity (Wildman–Crippen MR) is 43.2 cm³/mol. The quantitative estimate of drug-likeness (QED) is 0.644. The van der Waals surface area contributed by atoms with Crippen molar-refractivity contribution in [2.24, 2.45) is 0 Å². The van der Waals surface area contributed by atoms with Gasteiger partial charge in [0.15, 0.2) is 5.13 Å². The molecule has 0 spiro atoms. The molecule has 5 heteroatoms. The molecule has 0 saturated heterocycles. The number of aromatic nitrogens is 1. The summed E-state index contributed by atoms with van der Waals surface area (Å²) >= 11 is 1.28. The van der Waals surface area contributed by atoms with E-state index in [1.54, 1.807) is 5.38 Å². The third-order valence-electron chi connectivity index (χ3n) is 0.936. The Bertz CT molecular complexity index is 293. The van der Waals surface area contributed by atoms with Gasteiger partial charge in [-0.15, -0.1) is 11.3 Å². The van der Waals surface area contributed by atoms with Crippen LogP contribution >= 0.6 is 11.3 Å². The molecule has 0 aliphatic heterocycles. The van der Waals surface area contributed by atoms with Gasteiger partial charge in [0, 0.05) is 11.5 Å². The van der Waals surface area contributed by atoms with Crippen molar-refractivity contribution in [1.82, 2.24) is 4.98 Å². The molecule has 3 N–H and O–H groups in total. The second-order valence-electron chi connectivity index (χ2n) is 1.78. The number of carbonyl (C=O) groups is 1. The molecular weight excluding hydrogens is 164 g/mol. The summed E-state index contributed by atoms with van der Waals surface area (Å²) in [6, 6.07) is 0. The van der Waals surface area contributed by atoms with E-state index in [1.807, 2.05) is 0 Å². The fourth-order valence-electron chi connectivity index (χ4n) is 0.534. The molecule has 0 saturated carbocycles. The Morgan fingerprint density at radius 3 is 3.00 bits per heavy atom. The van der Waals surface area contributed by atoms with Crippen LogP contribution in [0.15, 0.2) is 11.5 Å². The zero-order valence-corrected chi connectivity index (χ0v) is 6.34. The van der Waals surface area contributed by atoms with Crippen molar-refractivity contribution in [1.29, 1.82) is 0 Å². The summed E-state index contributed by atoms with van der Waals surface area (Å²) in [4.78, 5) is 13.9. The SMILES string of the molecule is Nc1nc(/C=C/C(=O)O)cs1. The Kier molecular flexibility index (Phi) is 2.22. The van der Waals surface area contributed by atoms with Crippen molar-refractivity contribution in [3.8, 4) is 0 Å². The average molecular weight is 170 g/mol. The van der Waals surface area contributed by atoms with E-state index in [0.29, 0.717) is 10.8 Å². The lowest BCUT2D eigenvalue weighted by molar-refractivity contribution is -0.131. The first-order valence-corrected chi connectivity index (χ1v) is 3.68. The minimum Gasteiger partial charge on any atom is -0.478 e. The molecule has 1 heterocycles. The molecule has 0 unspecified atom stereocenters. The predicted octanol–water partition coefficient (Wildman–Crippen LogP) is 0.823. The Labute approximate surface area is 67.0 Å². The van der Waals surface area contributed by atoms with Crippen LogP contribution in [0.3, 0.4) is 0 Å². The molecule has 0 aliphatic carbocycles. The summed E-state index contributed by atoms with van der Waals surface area (Å²) in [5.74, 6) is -0.989. The number of nitrogens with two attached hydrogens (primary N) is 1. The molecule has 1 rings (SSSR count). The van der Waals surface area contributed by atoms with E-state index in [9.17, 15) is 4.79 Å². The monoisotopic (exact) mass is 170 g/mol. The second kappa shape index (κ2) is 3.16. The first-order valence-electron chi connectivity index (χ1n) is 2.80. The molecule has 0 aliphatic rings. The van der Waals surface area contributed by atoms with Gasteiger partial charge in [0.2, 0.25) is 0 Å². The van der Waals surface area contributed by atoms with Gasteiger partial charge in [-0.3, -0.25) is 0 Å². The van der Waals surface area contributed by atoms with Crippen LogP contribution < -0.4 is 5.73 Å². The van der Waals surface area contributed by atoms with E-state index in [2.05, 4.69) is 4.98 Å². The molecule has 0 aromatic carbocycles. The fraction of sp³-hybridized carbons (Fsp3) is 0. The summed E-state index contributed by atoms with van der Waals surface area (Å²) in [5.41, 5.74) is 5.89. The van der Waals surface area contributed by atoms with Crippen molar-refractivity contribution in [3.05, 3.63) is 17.2 Å². The molecule has 0 atom stereocenters. The van der Waals surface area contributed by atoms with Gasteiger partial charge in [-0.25, -0.2) is 9.78 Å². The minimum atomic E-state index is -0.989. The normalized spacial score (nSPS) is 10.5. The lowest BCUT2D eigenvalue weighted by Gasteiger charge is -1.79. The van der Waals surface area contributed by atoms with Gasteiger partial charge in [0.1, 0.15) is 0 Å². The van der Waals surface area contributed by atoms with Crippen LogP contribution in [0.5, 0.6) is 0 Å². The number of nitrogen functional groups attached to an aromatic ring is 1. The third-order valence-corrected chi connectivity index (χ3v) is 1.63. The summed E-state index contributed by atoms with van der Waals surface area (Å²) in [6.07, 6.45) is 2.42. The molecule has 0 radical (unpaired) electrons. The summed E-state index contributed by atoms with van der Waals surface area (Å²) in [6.45, 7) is 0. The van der Waals surface area contributed by atoms with E-state index in [0.717, 1.165) is 6.08 Å². The van der Waals surface area contributed by atoms with Gasteiger partial charge in [-0.2, -0.15) is 0 Å². The maximum atomic E-state index is 10.0. The zero-order valence-electron chi connectivity index (χ0n) is 5.52. The molecular formula is C6H6N2O2S. The van der Waals surface area contributed by atoms with Gasteiger partial charge in [0.05, 0.1) is 5.69 Å². The van der Waals surface area contributed by atoms with Crippen LogP contribution in [-0.4, -0.2) is 16.1 Å². The highest BCUT2D eigenvalue weighted by molar-refractivity contribution is 7.13. The largest absolute Gasteiger partial charge is 0.478 e. The molecule has 4 nitrogen and oxygen atoms in total. The second-order valence-corrected chi connectivity index (χ2v) is 2.67. The lowest BCUT2D eigenvalue weighted by Crippen LogP contribution is -1.86. The molecule has 11 heavy (non-hydrogen) atoms. The summed E-state index contributed by atoms with van der Waals surface area (Å²) in [5, 5.41) is 10.4. The van der Waals surface area contributed by atoms with E-state index in [1.165, 1.54) is 17.4 Å². The lowest BCUT2D eigenvalue weighted by atomic mass is 10.4. The Morgan fingerprint density at radius 1 is 1.82 bits per heavy atom. The van der Waals surface area contributed by atoms with Crippen molar-refractivity contribution in [3.63, 3.8) is 0 Å². The van der Waals surface area contributed by atoms with Crippen molar-refractivity contribution < 1.29 is 9.90 Å². The topological polar surface area (TPSA) is 76.2 Å². The molecule has 0 bridgehead atoms. The highest BCUT2D eigenvalue weighted by Crippen LogP contribution is 2.11. The van der Waals surface area contributed by atoms with Crippen molar-refractivity contribution in [2.75, 3.05) is 5.73 Å². The molecule has 0 fully saturated rings. The standard InChI is InChI=1S/C6H6N2O2S/c7-6-8-4(3-11-6)1-2-5(9)10/h1-3H,(H2,7,8)(H,9,10)/b2-1+. The van der Waals surface area contributed by atoms with E-state index < -0.39 is 5.97 Å². The van der Waals surface area contributed by atoms with E-state index in [-0.39, 0.29) is 0 Å². The number of carboxylic acid groups (broad SMARTS) is 1. The molecule has 1 aromatic heterocycles. The highest BCUT2D eigenvalue weighted by atomic mass is 32.1. The molecule has 1 aromatic rings. The van der Waals surface area contributed by atoms with Crippen molar-refractivity contribution in [2.45, 2.75) is 0 Å². The maximum absolute atomic E-state index is 10.0. The number of thiazole rings is 1. The molecule has 0 amide bonds. The maximum Gasteiger partial charge on any atom is 0.328 e. The van der Waals surface area contributed by atoms with Crippen molar-refractivity contribution >= 4 is 28.5 Å². The van der Waals surface area contributed by atoms with Crippen LogP contribution in [0.4, 0.5) is 5.13 Å². The third kappa shape index (κ3) is 2.38. The number of aliphatic carboxylic acids is 1. The van der Waals surface area contributed by atoms with Crippen LogP contribution in [0, 0.1) is 0 Å².